The van der Waals surface area contributed by atoms with E-state index in [1.54, 1.807) is 0 Å². The molecule has 1 heterocycles. The molecule has 0 radical (unpaired) electrons. The van der Waals surface area contributed by atoms with E-state index in [-0.39, 0.29) is 0 Å². The summed E-state index contributed by atoms with van der Waals surface area (Å²) in [5.74, 6) is 0. The van der Waals surface area contributed by atoms with Crippen LogP contribution < -0.4 is 5.73 Å². The van der Waals surface area contributed by atoms with Gasteiger partial charge < -0.3 is 5.73 Å². The lowest BCUT2D eigenvalue weighted by atomic mass is 10.1. The molecule has 23 heavy (non-hydrogen) atoms. The lowest BCUT2D eigenvalue weighted by Crippen LogP contribution is -2.34. The first-order valence-electron chi connectivity index (χ1n) is 9.99. The van der Waals surface area contributed by atoms with Gasteiger partial charge in [0.05, 0.1) is 0 Å². The fourth-order valence-electron chi connectivity index (χ4n) is 3.20. The van der Waals surface area contributed by atoms with Crippen LogP contribution in [0.15, 0.2) is 17.1 Å². The third kappa shape index (κ3) is 10.7. The minimum absolute atomic E-state index is 0.404. The highest BCUT2D eigenvalue weighted by Gasteiger charge is 2.18. The molecule has 0 fully saturated rings. The minimum atomic E-state index is 0.404. The molecule has 3 nitrogen and oxygen atoms in total. The summed E-state index contributed by atoms with van der Waals surface area (Å²) < 4.78 is 0. The Bertz CT molecular complexity index is 312. The van der Waals surface area contributed by atoms with Crippen molar-refractivity contribution in [2.75, 3.05) is 19.6 Å². The summed E-state index contributed by atoms with van der Waals surface area (Å²) in [5.41, 5.74) is 5.64. The number of nitrogens with two attached hydrogens (primary N) is 1. The number of rotatable bonds is 15. The van der Waals surface area contributed by atoms with Crippen LogP contribution in [0.5, 0.6) is 0 Å². The van der Waals surface area contributed by atoms with Crippen LogP contribution in [-0.2, 0) is 0 Å². The molecule has 1 aliphatic heterocycles. The highest BCUT2D eigenvalue weighted by molar-refractivity contribution is 5.62. The molecule has 0 saturated heterocycles. The summed E-state index contributed by atoms with van der Waals surface area (Å²) >= 11 is 0. The monoisotopic (exact) mass is 321 g/mol. The molecule has 0 aromatic carbocycles. The van der Waals surface area contributed by atoms with Crippen molar-refractivity contribution in [1.82, 2.24) is 4.90 Å². The van der Waals surface area contributed by atoms with Gasteiger partial charge >= 0.3 is 0 Å². The third-order valence-corrected chi connectivity index (χ3v) is 4.66. The zero-order valence-corrected chi connectivity index (χ0v) is 15.4. The van der Waals surface area contributed by atoms with Crippen LogP contribution in [0.1, 0.15) is 84.0 Å². The number of nitrogens with zero attached hydrogens (tertiary/aromatic N) is 2. The zero-order chi connectivity index (χ0) is 16.6. The molecule has 0 amide bonds. The maximum Gasteiger partial charge on any atom is 0.102 e. The summed E-state index contributed by atoms with van der Waals surface area (Å²) in [6, 6.07) is 0. The molecule has 1 rings (SSSR count). The van der Waals surface area contributed by atoms with Gasteiger partial charge in [-0.05, 0) is 38.5 Å². The van der Waals surface area contributed by atoms with Gasteiger partial charge in [-0.25, -0.2) is 0 Å². The Hall–Kier alpha value is -0.670. The van der Waals surface area contributed by atoms with Crippen LogP contribution in [0.25, 0.3) is 0 Å². The van der Waals surface area contributed by atoms with Gasteiger partial charge in [0.15, 0.2) is 0 Å². The normalized spacial score (nSPS) is 18.4. The van der Waals surface area contributed by atoms with Crippen LogP contribution in [-0.4, -0.2) is 36.9 Å². The van der Waals surface area contributed by atoms with E-state index in [1.807, 2.05) is 6.21 Å². The second kappa shape index (κ2) is 14.9. The number of hydrogen-bond acceptors (Lipinski definition) is 3. The van der Waals surface area contributed by atoms with E-state index in [2.05, 4.69) is 29.0 Å². The lowest BCUT2D eigenvalue weighted by molar-refractivity contribution is 0.241. The van der Waals surface area contributed by atoms with Crippen molar-refractivity contribution in [1.29, 1.82) is 0 Å². The maximum atomic E-state index is 5.64. The molecule has 0 spiro atoms. The predicted molar refractivity (Wildman–Crippen MR) is 103 cm³/mol. The van der Waals surface area contributed by atoms with E-state index < -0.39 is 0 Å². The van der Waals surface area contributed by atoms with Crippen molar-refractivity contribution in [3.05, 3.63) is 12.2 Å². The largest absolute Gasteiger partial charge is 0.329 e. The Morgan fingerprint density at radius 2 is 1.65 bits per heavy atom. The van der Waals surface area contributed by atoms with Crippen molar-refractivity contribution >= 4 is 6.21 Å². The van der Waals surface area contributed by atoms with Gasteiger partial charge in [0.2, 0.25) is 0 Å². The molecular formula is C20H39N3. The van der Waals surface area contributed by atoms with Gasteiger partial charge in [0.1, 0.15) is 6.17 Å². The Balaban J connectivity index is 1.85. The second-order valence-electron chi connectivity index (χ2n) is 6.76. The lowest BCUT2D eigenvalue weighted by Gasteiger charge is -2.21. The van der Waals surface area contributed by atoms with E-state index in [4.69, 9.17) is 5.73 Å². The fourth-order valence-corrected chi connectivity index (χ4v) is 3.20. The van der Waals surface area contributed by atoms with Crippen LogP contribution in [0.4, 0.5) is 0 Å². The van der Waals surface area contributed by atoms with Crippen LogP contribution in [0.3, 0.4) is 0 Å². The van der Waals surface area contributed by atoms with Gasteiger partial charge in [0, 0.05) is 25.8 Å². The summed E-state index contributed by atoms with van der Waals surface area (Å²) in [6.07, 6.45) is 23.3. The molecule has 0 aromatic heterocycles. The van der Waals surface area contributed by atoms with Gasteiger partial charge in [-0.15, -0.1) is 0 Å². The SMILES string of the molecule is CCCCCCCC/C=C/CCCCCC1N=CCN1CCN. The average Bonchev–Trinajstić information content (AvgIpc) is 2.99. The van der Waals surface area contributed by atoms with E-state index in [0.717, 1.165) is 19.6 Å². The summed E-state index contributed by atoms with van der Waals surface area (Å²) in [6.45, 7) is 4.98. The number of hydrogen-bond donors (Lipinski definition) is 1. The standard InChI is InChI=1S/C20H39N3/c1-2-3-4-5-6-7-8-9-10-11-12-13-14-15-20-22-17-19-23(20)18-16-21/h9-10,17,20H,2-8,11-16,18-19,21H2,1H3/b10-9+. The topological polar surface area (TPSA) is 41.6 Å². The Labute approximate surface area is 144 Å². The van der Waals surface area contributed by atoms with Crippen LogP contribution in [0.2, 0.25) is 0 Å². The maximum absolute atomic E-state index is 5.64. The van der Waals surface area contributed by atoms with Gasteiger partial charge in [-0.3, -0.25) is 9.89 Å². The highest BCUT2D eigenvalue weighted by atomic mass is 15.3. The van der Waals surface area contributed by atoms with Gasteiger partial charge in [-0.2, -0.15) is 0 Å². The molecule has 1 atom stereocenters. The highest BCUT2D eigenvalue weighted by Crippen LogP contribution is 2.15. The van der Waals surface area contributed by atoms with E-state index in [1.165, 1.54) is 77.0 Å². The third-order valence-electron chi connectivity index (χ3n) is 4.66. The Morgan fingerprint density at radius 3 is 2.35 bits per heavy atom. The molecule has 1 aliphatic rings. The molecule has 2 N–H and O–H groups in total. The predicted octanol–water partition coefficient (Wildman–Crippen LogP) is 4.91. The zero-order valence-electron chi connectivity index (χ0n) is 15.4. The average molecular weight is 322 g/mol. The molecule has 0 aromatic rings. The fraction of sp³-hybridized carbons (Fsp3) is 0.850. The summed E-state index contributed by atoms with van der Waals surface area (Å²) in [7, 11) is 0. The first-order chi connectivity index (χ1) is 11.4. The summed E-state index contributed by atoms with van der Waals surface area (Å²) in [5, 5.41) is 0. The smallest absolute Gasteiger partial charge is 0.102 e. The van der Waals surface area contributed by atoms with Crippen molar-refractivity contribution < 1.29 is 0 Å². The van der Waals surface area contributed by atoms with Crippen molar-refractivity contribution in [2.24, 2.45) is 10.7 Å². The first kappa shape index (κ1) is 20.4. The van der Waals surface area contributed by atoms with Crippen LogP contribution >= 0.6 is 0 Å². The number of aliphatic imine (C=N–C) groups is 1. The van der Waals surface area contributed by atoms with Crippen LogP contribution in [0, 0.1) is 0 Å². The number of unbranched alkanes of at least 4 members (excludes halogenated alkanes) is 9. The van der Waals surface area contributed by atoms with E-state index in [0.29, 0.717) is 6.17 Å². The van der Waals surface area contributed by atoms with Crippen molar-refractivity contribution in [3.63, 3.8) is 0 Å². The Kier molecular flexibility index (Phi) is 13.2. The van der Waals surface area contributed by atoms with E-state index >= 15 is 0 Å². The Morgan fingerprint density at radius 1 is 1.00 bits per heavy atom. The first-order valence-corrected chi connectivity index (χ1v) is 9.99. The molecular weight excluding hydrogens is 282 g/mol. The number of allylic oxidation sites excluding steroid dienone is 2. The van der Waals surface area contributed by atoms with Crippen molar-refractivity contribution in [3.8, 4) is 0 Å². The van der Waals surface area contributed by atoms with Gasteiger partial charge in [0.25, 0.3) is 0 Å². The minimum Gasteiger partial charge on any atom is -0.329 e. The van der Waals surface area contributed by atoms with Gasteiger partial charge in [-0.1, -0.05) is 57.6 Å². The molecule has 0 saturated carbocycles. The quantitative estimate of drug-likeness (QED) is 0.344. The molecule has 0 aliphatic carbocycles. The molecule has 1 unspecified atom stereocenters. The molecule has 0 bridgehead atoms. The van der Waals surface area contributed by atoms with Crippen molar-refractivity contribution in [2.45, 2.75) is 90.1 Å². The second-order valence-corrected chi connectivity index (χ2v) is 6.76. The summed E-state index contributed by atoms with van der Waals surface area (Å²) in [4.78, 5) is 6.95. The molecule has 134 valence electrons. The van der Waals surface area contributed by atoms with E-state index in [9.17, 15) is 0 Å². The molecule has 3 heteroatoms.